The van der Waals surface area contributed by atoms with Gasteiger partial charge in [-0.2, -0.15) is 10.4 Å². The third-order valence-electron chi connectivity index (χ3n) is 1.36. The smallest absolute Gasteiger partial charge is 0.242 e. The van der Waals surface area contributed by atoms with Crippen molar-refractivity contribution in [3.8, 4) is 6.07 Å². The summed E-state index contributed by atoms with van der Waals surface area (Å²) in [6, 6.07) is 3.56. The molecule has 1 heterocycles. The lowest BCUT2D eigenvalue weighted by Gasteiger charge is -2.02. The minimum absolute atomic E-state index is 0.0128. The summed E-state index contributed by atoms with van der Waals surface area (Å²) >= 11 is 6.42. The van der Waals surface area contributed by atoms with Crippen molar-refractivity contribution in [2.45, 2.75) is 6.54 Å². The molecule has 0 saturated heterocycles. The highest BCUT2D eigenvalue weighted by molar-refractivity contribution is 9.11. The molecule has 0 spiro atoms. The van der Waals surface area contributed by atoms with Gasteiger partial charge in [-0.1, -0.05) is 0 Å². The molecule has 1 aromatic rings. The van der Waals surface area contributed by atoms with E-state index in [1.54, 1.807) is 6.07 Å². The molecule has 5 nitrogen and oxygen atoms in total. The molecule has 14 heavy (non-hydrogen) atoms. The van der Waals surface area contributed by atoms with Crippen molar-refractivity contribution in [2.75, 3.05) is 6.54 Å². The summed E-state index contributed by atoms with van der Waals surface area (Å²) in [7, 11) is 0. The van der Waals surface area contributed by atoms with Crippen molar-refractivity contribution in [1.29, 1.82) is 5.26 Å². The molecule has 1 rings (SSSR count). The van der Waals surface area contributed by atoms with Gasteiger partial charge in [-0.05, 0) is 31.9 Å². The molecule has 0 aliphatic rings. The van der Waals surface area contributed by atoms with Gasteiger partial charge in [-0.3, -0.25) is 4.79 Å². The van der Waals surface area contributed by atoms with Crippen molar-refractivity contribution in [1.82, 2.24) is 15.1 Å². The van der Waals surface area contributed by atoms with Gasteiger partial charge in [0.2, 0.25) is 5.91 Å². The van der Waals surface area contributed by atoms with Crippen LogP contribution < -0.4 is 5.32 Å². The lowest BCUT2D eigenvalue weighted by molar-refractivity contribution is -0.121. The van der Waals surface area contributed by atoms with Gasteiger partial charge >= 0.3 is 0 Å². The fourth-order valence-corrected chi connectivity index (χ4v) is 1.94. The molecule has 0 fully saturated rings. The molecule has 74 valence electrons. The van der Waals surface area contributed by atoms with E-state index in [1.807, 2.05) is 6.07 Å². The molecule has 1 aromatic heterocycles. The number of nitrogens with zero attached hydrogens (tertiary/aromatic N) is 3. The maximum absolute atomic E-state index is 11.2. The van der Waals surface area contributed by atoms with E-state index in [0.29, 0.717) is 9.21 Å². The van der Waals surface area contributed by atoms with E-state index in [0.717, 1.165) is 0 Å². The van der Waals surface area contributed by atoms with E-state index in [1.165, 1.54) is 4.68 Å². The summed E-state index contributed by atoms with van der Waals surface area (Å²) in [6.45, 7) is 0.104. The van der Waals surface area contributed by atoms with Crippen LogP contribution in [0.3, 0.4) is 0 Å². The number of halogens is 2. The fraction of sp³-hybridized carbons (Fsp3) is 0.286. The largest absolute Gasteiger partial charge is 0.341 e. The van der Waals surface area contributed by atoms with Crippen LogP contribution in [0.2, 0.25) is 0 Å². The Morgan fingerprint density at radius 2 is 2.43 bits per heavy atom. The number of hydrogen-bond donors (Lipinski definition) is 1. The Hall–Kier alpha value is -0.870. The molecule has 0 unspecified atom stereocenters. The summed E-state index contributed by atoms with van der Waals surface area (Å²) in [5.74, 6) is -0.247. The number of amides is 1. The highest BCUT2D eigenvalue weighted by Gasteiger charge is 2.07. The van der Waals surface area contributed by atoms with Crippen LogP contribution >= 0.6 is 31.9 Å². The first-order valence-corrected chi connectivity index (χ1v) is 5.24. The monoisotopic (exact) mass is 320 g/mol. The highest BCUT2D eigenvalue weighted by atomic mass is 79.9. The van der Waals surface area contributed by atoms with Crippen molar-refractivity contribution >= 4 is 37.8 Å². The van der Waals surface area contributed by atoms with Crippen molar-refractivity contribution in [3.05, 3.63) is 15.3 Å². The molecule has 0 atom stereocenters. The summed E-state index contributed by atoms with van der Waals surface area (Å²) in [5, 5.41) is 14.7. The normalized spacial score (nSPS) is 9.50. The molecular formula is C7H6Br2N4O. The Balaban J connectivity index is 2.56. The van der Waals surface area contributed by atoms with Crippen LogP contribution in [0.15, 0.2) is 15.3 Å². The molecule has 0 aromatic carbocycles. The number of nitriles is 1. The average molecular weight is 322 g/mol. The van der Waals surface area contributed by atoms with Gasteiger partial charge < -0.3 is 5.32 Å². The van der Waals surface area contributed by atoms with Crippen LogP contribution in [-0.2, 0) is 11.3 Å². The first-order valence-electron chi connectivity index (χ1n) is 3.66. The van der Waals surface area contributed by atoms with E-state index in [2.05, 4.69) is 42.3 Å². The van der Waals surface area contributed by atoms with Gasteiger partial charge in [0.15, 0.2) is 0 Å². The second kappa shape index (κ2) is 5.12. The summed E-state index contributed by atoms with van der Waals surface area (Å²) < 4.78 is 2.84. The number of aromatic nitrogens is 2. The van der Waals surface area contributed by atoms with Crippen LogP contribution in [0.25, 0.3) is 0 Å². The maximum Gasteiger partial charge on any atom is 0.242 e. The van der Waals surface area contributed by atoms with E-state index in [9.17, 15) is 4.79 Å². The van der Waals surface area contributed by atoms with Gasteiger partial charge in [0.1, 0.15) is 22.3 Å². The Labute approximate surface area is 97.3 Å². The van der Waals surface area contributed by atoms with Crippen LogP contribution in [0, 0.1) is 11.3 Å². The van der Waals surface area contributed by atoms with Gasteiger partial charge in [-0.15, -0.1) is 0 Å². The first kappa shape index (κ1) is 11.2. The molecule has 1 N–H and O–H groups in total. The SMILES string of the molecule is N#CCNC(=O)Cn1nc(Br)cc1Br. The van der Waals surface area contributed by atoms with E-state index < -0.39 is 0 Å². The number of hydrogen-bond acceptors (Lipinski definition) is 3. The van der Waals surface area contributed by atoms with Crippen molar-refractivity contribution < 1.29 is 4.79 Å². The van der Waals surface area contributed by atoms with Crippen molar-refractivity contribution in [3.63, 3.8) is 0 Å². The van der Waals surface area contributed by atoms with Gasteiger partial charge in [-0.25, -0.2) is 4.68 Å². The topological polar surface area (TPSA) is 70.7 Å². The zero-order valence-electron chi connectivity index (χ0n) is 7.00. The van der Waals surface area contributed by atoms with E-state index in [4.69, 9.17) is 5.26 Å². The fourth-order valence-electron chi connectivity index (χ4n) is 0.806. The molecule has 0 radical (unpaired) electrons. The summed E-state index contributed by atoms with van der Waals surface area (Å²) in [5.41, 5.74) is 0. The van der Waals surface area contributed by atoms with Gasteiger partial charge in [0.05, 0.1) is 6.07 Å². The molecule has 1 amide bonds. The van der Waals surface area contributed by atoms with Gasteiger partial charge in [0.25, 0.3) is 0 Å². The van der Waals surface area contributed by atoms with E-state index >= 15 is 0 Å². The minimum Gasteiger partial charge on any atom is -0.341 e. The second-order valence-electron chi connectivity index (χ2n) is 2.38. The quantitative estimate of drug-likeness (QED) is 0.846. The Morgan fingerprint density at radius 3 is 2.93 bits per heavy atom. The second-order valence-corrected chi connectivity index (χ2v) is 4.01. The molecule has 0 bridgehead atoms. The summed E-state index contributed by atoms with van der Waals surface area (Å²) in [4.78, 5) is 11.2. The number of carbonyl (C=O) groups excluding carboxylic acids is 1. The lowest BCUT2D eigenvalue weighted by atomic mass is 10.5. The predicted molar refractivity (Wildman–Crippen MR) is 56.2 cm³/mol. The zero-order valence-corrected chi connectivity index (χ0v) is 10.2. The molecular weight excluding hydrogens is 316 g/mol. The predicted octanol–water partition coefficient (Wildman–Crippen LogP) is 1.05. The number of nitrogens with one attached hydrogen (secondary N) is 1. The number of rotatable bonds is 3. The molecule has 0 aliphatic heterocycles. The highest BCUT2D eigenvalue weighted by Crippen LogP contribution is 2.15. The Kier molecular flexibility index (Phi) is 4.10. The molecule has 7 heteroatoms. The molecule has 0 aliphatic carbocycles. The zero-order chi connectivity index (χ0) is 10.6. The molecule has 0 saturated carbocycles. The Bertz CT molecular complexity index is 382. The average Bonchev–Trinajstić information content (AvgIpc) is 2.42. The van der Waals surface area contributed by atoms with Crippen molar-refractivity contribution in [2.24, 2.45) is 0 Å². The minimum atomic E-state index is -0.247. The summed E-state index contributed by atoms with van der Waals surface area (Å²) in [6.07, 6.45) is 0. The third kappa shape index (κ3) is 3.12. The van der Waals surface area contributed by atoms with Crippen LogP contribution in [0.5, 0.6) is 0 Å². The maximum atomic E-state index is 11.2. The Morgan fingerprint density at radius 1 is 1.71 bits per heavy atom. The first-order chi connectivity index (χ1) is 6.63. The van der Waals surface area contributed by atoms with Crippen LogP contribution in [0.4, 0.5) is 0 Å². The number of carbonyl (C=O) groups is 1. The van der Waals surface area contributed by atoms with Crippen LogP contribution in [0.1, 0.15) is 0 Å². The lowest BCUT2D eigenvalue weighted by Crippen LogP contribution is -2.28. The van der Waals surface area contributed by atoms with E-state index in [-0.39, 0.29) is 19.0 Å². The van der Waals surface area contributed by atoms with Gasteiger partial charge in [0, 0.05) is 6.07 Å². The standard InChI is InChI=1S/C7H6Br2N4O/c8-5-3-6(9)13(12-5)4-7(14)11-2-1-10/h3H,2,4H2,(H,11,14). The third-order valence-corrected chi connectivity index (χ3v) is 2.38. The van der Waals surface area contributed by atoms with Crippen LogP contribution in [-0.4, -0.2) is 22.2 Å².